The van der Waals surface area contributed by atoms with Gasteiger partial charge in [-0.05, 0) is 40.7 Å². The number of rotatable bonds is 7. The number of alkyl halides is 3. The second kappa shape index (κ2) is 9.94. The van der Waals surface area contributed by atoms with E-state index in [1.165, 1.54) is 12.1 Å². The molecule has 0 aliphatic rings. The first-order valence-electron chi connectivity index (χ1n) is 10.2. The minimum Gasteiger partial charge on any atom is -0.481 e. The molecule has 0 spiro atoms. The Bertz CT molecular complexity index is 966. The van der Waals surface area contributed by atoms with Crippen LogP contribution in [-0.4, -0.2) is 23.2 Å². The van der Waals surface area contributed by atoms with Crippen LogP contribution in [0.1, 0.15) is 56.7 Å². The Labute approximate surface area is 190 Å². The van der Waals surface area contributed by atoms with Crippen LogP contribution in [0.25, 0.3) is 0 Å². The van der Waals surface area contributed by atoms with E-state index in [0.29, 0.717) is 5.56 Å². The molecule has 0 radical (unpaired) electrons. The lowest BCUT2D eigenvalue weighted by molar-refractivity contribution is -0.178. The minimum absolute atomic E-state index is 0.122. The number of carboxylic acid groups (broad SMARTS) is 1. The van der Waals surface area contributed by atoms with Gasteiger partial charge in [0.25, 0.3) is 0 Å². The van der Waals surface area contributed by atoms with Gasteiger partial charge in [0.2, 0.25) is 5.91 Å². The van der Waals surface area contributed by atoms with Gasteiger partial charge in [0, 0.05) is 6.42 Å². The lowest BCUT2D eigenvalue weighted by Crippen LogP contribution is -2.34. The molecule has 0 aliphatic carbocycles. The van der Waals surface area contributed by atoms with Crippen molar-refractivity contribution < 1.29 is 27.9 Å². The fourth-order valence-corrected chi connectivity index (χ4v) is 3.50. The zero-order valence-corrected chi connectivity index (χ0v) is 19.1. The average Bonchev–Trinajstić information content (AvgIpc) is 2.67. The molecule has 0 aliphatic heterocycles. The highest BCUT2D eigenvalue weighted by atomic mass is 35.5. The van der Waals surface area contributed by atoms with E-state index in [9.17, 15) is 22.8 Å². The van der Waals surface area contributed by atoms with Crippen LogP contribution in [0.5, 0.6) is 0 Å². The summed E-state index contributed by atoms with van der Waals surface area (Å²) in [5, 5.41) is 11.5. The maximum absolute atomic E-state index is 13.6. The van der Waals surface area contributed by atoms with E-state index in [0.717, 1.165) is 12.5 Å². The number of benzene rings is 2. The maximum atomic E-state index is 13.6. The van der Waals surface area contributed by atoms with E-state index >= 15 is 0 Å². The highest BCUT2D eigenvalue weighted by Crippen LogP contribution is 2.39. The van der Waals surface area contributed by atoms with Crippen molar-refractivity contribution in [3.8, 4) is 0 Å². The summed E-state index contributed by atoms with van der Waals surface area (Å²) >= 11 is 6.14. The monoisotopic (exact) mass is 469 g/mol. The van der Waals surface area contributed by atoms with Gasteiger partial charge in [-0.15, -0.1) is 0 Å². The van der Waals surface area contributed by atoms with Crippen LogP contribution in [0.2, 0.25) is 5.02 Å². The predicted octanol–water partition coefficient (Wildman–Crippen LogP) is 6.58. The van der Waals surface area contributed by atoms with Gasteiger partial charge in [0.1, 0.15) is 0 Å². The molecule has 2 rings (SSSR count). The zero-order chi connectivity index (χ0) is 24.3. The topological polar surface area (TPSA) is 66.4 Å². The molecule has 0 saturated heterocycles. The second-order valence-electron chi connectivity index (χ2n) is 8.88. The standard InChI is InChI=1S/C24H27ClF3NO3/c1-14(24(26,27)28)21(16-7-9-17(10-8-16)23(2,3)4)22(32)29-19-13-15(5-11-18(19)25)6-12-20(30)31/h5,7-11,13-14,21H,6,12H2,1-4H3,(H,29,32)(H,30,31). The van der Waals surface area contributed by atoms with Crippen molar-refractivity contribution in [1.82, 2.24) is 0 Å². The first-order valence-corrected chi connectivity index (χ1v) is 10.6. The van der Waals surface area contributed by atoms with Gasteiger partial charge in [0.15, 0.2) is 0 Å². The molecule has 0 bridgehead atoms. The molecule has 4 nitrogen and oxygen atoms in total. The smallest absolute Gasteiger partial charge is 0.392 e. The lowest BCUT2D eigenvalue weighted by Gasteiger charge is -2.27. The largest absolute Gasteiger partial charge is 0.481 e. The fraction of sp³-hybridized carbons (Fsp3) is 0.417. The number of anilines is 1. The van der Waals surface area contributed by atoms with Gasteiger partial charge in [-0.3, -0.25) is 9.59 Å². The Morgan fingerprint density at radius 1 is 1.06 bits per heavy atom. The van der Waals surface area contributed by atoms with Crippen molar-refractivity contribution >= 4 is 29.2 Å². The second-order valence-corrected chi connectivity index (χ2v) is 9.28. The molecule has 2 N–H and O–H groups in total. The number of carboxylic acids is 1. The Balaban J connectivity index is 2.38. The first-order chi connectivity index (χ1) is 14.7. The molecule has 0 aromatic heterocycles. The van der Waals surface area contributed by atoms with Crippen LogP contribution in [0.15, 0.2) is 42.5 Å². The molecular formula is C24H27ClF3NO3. The van der Waals surface area contributed by atoms with E-state index < -0.39 is 29.9 Å². The SMILES string of the molecule is CC(C(C(=O)Nc1cc(CCC(=O)O)ccc1Cl)c1ccc(C(C)(C)C)cc1)C(F)(F)F. The van der Waals surface area contributed by atoms with Crippen molar-refractivity contribution in [3.05, 3.63) is 64.2 Å². The Kier molecular flexibility index (Phi) is 7.99. The summed E-state index contributed by atoms with van der Waals surface area (Å²) in [6, 6.07) is 11.2. The molecule has 2 aromatic rings. The van der Waals surface area contributed by atoms with Gasteiger partial charge in [-0.2, -0.15) is 13.2 Å². The number of hydrogen-bond donors (Lipinski definition) is 2. The van der Waals surface area contributed by atoms with Crippen LogP contribution < -0.4 is 5.32 Å². The summed E-state index contributed by atoms with van der Waals surface area (Å²) in [4.78, 5) is 23.8. The summed E-state index contributed by atoms with van der Waals surface area (Å²) in [5.74, 6) is -5.24. The lowest BCUT2D eigenvalue weighted by atomic mass is 9.82. The zero-order valence-electron chi connectivity index (χ0n) is 18.4. The highest BCUT2D eigenvalue weighted by Gasteiger charge is 2.45. The fourth-order valence-electron chi connectivity index (χ4n) is 3.33. The number of halogens is 4. The molecule has 2 unspecified atom stereocenters. The van der Waals surface area contributed by atoms with Crippen molar-refractivity contribution in [3.63, 3.8) is 0 Å². The quantitative estimate of drug-likeness (QED) is 0.481. The Hall–Kier alpha value is -2.54. The first kappa shape index (κ1) is 25.7. The van der Waals surface area contributed by atoms with Crippen molar-refractivity contribution in [1.29, 1.82) is 0 Å². The van der Waals surface area contributed by atoms with Crippen LogP contribution in [0.3, 0.4) is 0 Å². The Morgan fingerprint density at radius 2 is 1.66 bits per heavy atom. The molecule has 8 heteroatoms. The van der Waals surface area contributed by atoms with E-state index in [1.807, 2.05) is 20.8 Å². The van der Waals surface area contributed by atoms with Crippen LogP contribution in [-0.2, 0) is 21.4 Å². The van der Waals surface area contributed by atoms with Gasteiger partial charge in [-0.1, -0.05) is 69.6 Å². The summed E-state index contributed by atoms with van der Waals surface area (Å²) in [5.41, 5.74) is 1.75. The summed E-state index contributed by atoms with van der Waals surface area (Å²) in [6.07, 6.45) is -4.51. The van der Waals surface area contributed by atoms with E-state index in [4.69, 9.17) is 16.7 Å². The third-order valence-electron chi connectivity index (χ3n) is 5.35. The van der Waals surface area contributed by atoms with Gasteiger partial charge < -0.3 is 10.4 Å². The number of hydrogen-bond acceptors (Lipinski definition) is 2. The van der Waals surface area contributed by atoms with Crippen molar-refractivity contribution in [2.24, 2.45) is 5.92 Å². The van der Waals surface area contributed by atoms with E-state index in [2.05, 4.69) is 5.32 Å². The number of amides is 1. The molecule has 0 saturated carbocycles. The number of aliphatic carboxylic acids is 1. The average molecular weight is 470 g/mol. The molecule has 2 atom stereocenters. The van der Waals surface area contributed by atoms with Gasteiger partial charge in [0.05, 0.1) is 22.5 Å². The van der Waals surface area contributed by atoms with Crippen LogP contribution in [0, 0.1) is 5.92 Å². The molecule has 1 amide bonds. The van der Waals surface area contributed by atoms with E-state index in [1.54, 1.807) is 30.3 Å². The van der Waals surface area contributed by atoms with Crippen molar-refractivity contribution in [2.45, 2.75) is 58.0 Å². The number of nitrogens with one attached hydrogen (secondary N) is 1. The molecule has 0 heterocycles. The number of carbonyl (C=O) groups excluding carboxylic acids is 1. The third kappa shape index (κ3) is 6.73. The summed E-state index contributed by atoms with van der Waals surface area (Å²) in [7, 11) is 0. The van der Waals surface area contributed by atoms with Gasteiger partial charge >= 0.3 is 12.1 Å². The predicted molar refractivity (Wildman–Crippen MR) is 119 cm³/mol. The van der Waals surface area contributed by atoms with Crippen molar-refractivity contribution in [2.75, 3.05) is 5.32 Å². The number of aryl methyl sites for hydroxylation is 1. The molecule has 174 valence electrons. The number of carbonyl (C=O) groups is 2. The summed E-state index contributed by atoms with van der Waals surface area (Å²) in [6.45, 7) is 6.95. The molecule has 32 heavy (non-hydrogen) atoms. The molecular weight excluding hydrogens is 443 g/mol. The summed E-state index contributed by atoms with van der Waals surface area (Å²) < 4.78 is 40.8. The van der Waals surface area contributed by atoms with Gasteiger partial charge in [-0.25, -0.2) is 0 Å². The molecule has 0 fully saturated rings. The van der Waals surface area contributed by atoms with E-state index in [-0.39, 0.29) is 34.5 Å². The maximum Gasteiger partial charge on any atom is 0.392 e. The molecule has 2 aromatic carbocycles. The Morgan fingerprint density at radius 3 is 2.16 bits per heavy atom. The van der Waals surface area contributed by atoms with Crippen LogP contribution >= 0.6 is 11.6 Å². The third-order valence-corrected chi connectivity index (χ3v) is 5.68. The highest BCUT2D eigenvalue weighted by molar-refractivity contribution is 6.33. The van der Waals surface area contributed by atoms with Crippen LogP contribution in [0.4, 0.5) is 18.9 Å². The normalized spacial score (nSPS) is 14.0. The minimum atomic E-state index is -4.59.